The molecule has 43 heavy (non-hydrogen) atoms. The highest BCUT2D eigenvalue weighted by molar-refractivity contribution is 6.74. The zero-order chi connectivity index (χ0) is 38.5. The first-order valence-electron chi connectivity index (χ1n) is 18.3. The lowest BCUT2D eigenvalue weighted by molar-refractivity contribution is -0.343. The van der Waals surface area contributed by atoms with Crippen LogP contribution in [0.2, 0.25) is 31.2 Å². The normalized spacial score (nSPS) is 30.1. The molecule has 252 valence electrons. The molecule has 3 nitrogen and oxygen atoms in total. The van der Waals surface area contributed by atoms with Gasteiger partial charge < -0.3 is 14.0 Å². The molecule has 11 heteroatoms. The molecular weight excluding hydrogens is 603 g/mol. The SMILES string of the molecule is [2H]C([2H])([2H])C(CCC[C@](C)(CC#CC(O)(C(F)(F)F)C(F)(F)F)[C@H]1CCC2[C@@H](O[Si](C)(C)C(C)(C)C)CCC[C@@]21C)(O[SiH](C)C)C([2H])([2H])[2H]. The third kappa shape index (κ3) is 8.63. The minimum Gasteiger partial charge on any atom is -0.416 e. The maximum atomic E-state index is 13.5. The molecule has 0 aromatic carbocycles. The molecule has 0 spiro atoms. The van der Waals surface area contributed by atoms with Crippen LogP contribution >= 0.6 is 0 Å². The molecule has 0 bridgehead atoms. The zero-order valence-corrected chi connectivity index (χ0v) is 29.4. The standard InChI is InChI=1S/C32H56F6O3Si2/c1-26(2,3)43(10,11)40-24-15-12-21-29(7)23(24)16-17-25(29)28(6,19-13-18-27(4,5)41-42(8)9)20-14-22-30(39,31(33,34)35)32(36,37)38/h23-25,39,42H,12-13,15-21H2,1-11H3/t23?,24-,25+,28+,29-/m0/s1/i4D3,5D3. The molecule has 5 atom stereocenters. The van der Waals surface area contributed by atoms with Gasteiger partial charge in [-0.25, -0.2) is 0 Å². The number of hydrogen-bond donors (Lipinski definition) is 1. The Morgan fingerprint density at radius 1 is 0.977 bits per heavy atom. The number of fused-ring (bicyclic) bond motifs is 1. The maximum absolute atomic E-state index is 13.5. The van der Waals surface area contributed by atoms with Crippen molar-refractivity contribution >= 4 is 17.4 Å². The molecule has 0 saturated heterocycles. The summed E-state index contributed by atoms with van der Waals surface area (Å²) in [6, 6.07) is 0. The van der Waals surface area contributed by atoms with Gasteiger partial charge in [-0.2, -0.15) is 26.3 Å². The van der Waals surface area contributed by atoms with Crippen molar-refractivity contribution in [2.24, 2.45) is 22.7 Å². The van der Waals surface area contributed by atoms with E-state index < -0.39 is 78.3 Å². The Hall–Kier alpha value is -0.546. The first-order chi connectivity index (χ1) is 21.6. The van der Waals surface area contributed by atoms with Gasteiger partial charge in [-0.15, -0.1) is 0 Å². The summed E-state index contributed by atoms with van der Waals surface area (Å²) in [5.41, 5.74) is -9.23. The minimum atomic E-state index is -6.10. The Morgan fingerprint density at radius 2 is 1.56 bits per heavy atom. The molecule has 0 aliphatic heterocycles. The summed E-state index contributed by atoms with van der Waals surface area (Å²) in [5.74, 6) is 2.97. The molecule has 1 N–H and O–H groups in total. The van der Waals surface area contributed by atoms with Crippen molar-refractivity contribution < 1.29 is 48.5 Å². The van der Waals surface area contributed by atoms with E-state index in [-0.39, 0.29) is 35.8 Å². The van der Waals surface area contributed by atoms with Crippen molar-refractivity contribution in [2.75, 3.05) is 0 Å². The van der Waals surface area contributed by atoms with Crippen LogP contribution in [0.15, 0.2) is 0 Å². The van der Waals surface area contributed by atoms with Crippen LogP contribution < -0.4 is 0 Å². The summed E-state index contributed by atoms with van der Waals surface area (Å²) < 4.78 is 143. The third-order valence-corrected chi connectivity index (χ3v) is 15.8. The molecule has 1 unspecified atom stereocenters. The van der Waals surface area contributed by atoms with E-state index in [1.54, 1.807) is 20.0 Å². The maximum Gasteiger partial charge on any atom is 0.438 e. The van der Waals surface area contributed by atoms with Crippen LogP contribution in [0.3, 0.4) is 0 Å². The van der Waals surface area contributed by atoms with Crippen molar-refractivity contribution in [1.29, 1.82) is 0 Å². The minimum absolute atomic E-state index is 0.0416. The fourth-order valence-electron chi connectivity index (χ4n) is 7.23. The number of alkyl halides is 6. The molecule has 2 aliphatic rings. The lowest BCUT2D eigenvalue weighted by atomic mass is 9.56. The molecule has 0 radical (unpaired) electrons. The van der Waals surface area contributed by atoms with E-state index in [1.807, 2.05) is 0 Å². The highest BCUT2D eigenvalue weighted by Gasteiger charge is 2.70. The van der Waals surface area contributed by atoms with Crippen LogP contribution in [0.5, 0.6) is 0 Å². The van der Waals surface area contributed by atoms with Crippen LogP contribution in [0.25, 0.3) is 0 Å². The summed E-state index contributed by atoms with van der Waals surface area (Å²) in [4.78, 5) is 0. The average Bonchev–Trinajstić information content (AvgIpc) is 3.23. The molecule has 2 aliphatic carbocycles. The van der Waals surface area contributed by atoms with Crippen LogP contribution in [-0.4, -0.2) is 52.1 Å². The average molecular weight is 665 g/mol. The lowest BCUT2D eigenvalue weighted by Gasteiger charge is -2.52. The van der Waals surface area contributed by atoms with Gasteiger partial charge >= 0.3 is 18.0 Å². The lowest BCUT2D eigenvalue weighted by Crippen LogP contribution is -2.55. The summed E-state index contributed by atoms with van der Waals surface area (Å²) in [6.45, 7) is 11.8. The number of hydrogen-bond acceptors (Lipinski definition) is 3. The van der Waals surface area contributed by atoms with E-state index in [2.05, 4.69) is 46.7 Å². The number of aliphatic hydroxyl groups is 1. The smallest absolute Gasteiger partial charge is 0.416 e. The molecule has 0 aromatic heterocycles. The number of rotatable bonds is 10. The summed E-state index contributed by atoms with van der Waals surface area (Å²) >= 11 is 0. The van der Waals surface area contributed by atoms with Crippen LogP contribution in [-0.2, 0) is 8.85 Å². The Bertz CT molecular complexity index is 1180. The monoisotopic (exact) mass is 664 g/mol. The van der Waals surface area contributed by atoms with E-state index in [1.165, 1.54) is 0 Å². The third-order valence-electron chi connectivity index (χ3n) is 10.5. The predicted molar refractivity (Wildman–Crippen MR) is 166 cm³/mol. The van der Waals surface area contributed by atoms with Crippen molar-refractivity contribution in [1.82, 2.24) is 0 Å². The van der Waals surface area contributed by atoms with E-state index in [0.717, 1.165) is 31.6 Å². The molecule has 0 heterocycles. The van der Waals surface area contributed by atoms with Gasteiger partial charge in [0.05, 0.1) is 5.60 Å². The molecular formula is C32H56F6O3Si2. The molecule has 2 fully saturated rings. The largest absolute Gasteiger partial charge is 0.438 e. The summed E-state index contributed by atoms with van der Waals surface area (Å²) in [5, 5.41) is 9.70. The molecule has 0 aromatic rings. The van der Waals surface area contributed by atoms with Gasteiger partial charge in [0.15, 0.2) is 17.4 Å². The van der Waals surface area contributed by atoms with Crippen molar-refractivity contribution in [2.45, 2.75) is 167 Å². The van der Waals surface area contributed by atoms with Crippen molar-refractivity contribution in [3.8, 4) is 11.8 Å². The first kappa shape index (κ1) is 29.8. The van der Waals surface area contributed by atoms with Crippen molar-refractivity contribution in [3.63, 3.8) is 0 Å². The molecule has 2 saturated carbocycles. The van der Waals surface area contributed by atoms with E-state index in [0.29, 0.717) is 6.42 Å². The van der Waals surface area contributed by atoms with Gasteiger partial charge in [0.2, 0.25) is 0 Å². The Morgan fingerprint density at radius 3 is 2.05 bits per heavy atom. The molecule has 2 rings (SSSR count). The highest BCUT2D eigenvalue weighted by Crippen LogP contribution is 2.63. The van der Waals surface area contributed by atoms with Gasteiger partial charge in [-0.05, 0) is 112 Å². The predicted octanol–water partition coefficient (Wildman–Crippen LogP) is 9.80. The van der Waals surface area contributed by atoms with Gasteiger partial charge in [0.25, 0.3) is 0 Å². The van der Waals surface area contributed by atoms with Crippen LogP contribution in [0.4, 0.5) is 26.3 Å². The van der Waals surface area contributed by atoms with Gasteiger partial charge in [-0.3, -0.25) is 0 Å². The second-order valence-electron chi connectivity index (χ2n) is 15.2. The Balaban J connectivity index is 2.62. The quantitative estimate of drug-likeness (QED) is 0.144. The highest BCUT2D eigenvalue weighted by atomic mass is 28.4. The van der Waals surface area contributed by atoms with Gasteiger partial charge in [0.1, 0.15) is 0 Å². The second-order valence-corrected chi connectivity index (χ2v) is 22.3. The first-order valence-corrected chi connectivity index (χ1v) is 21.0. The fraction of sp³-hybridized carbons (Fsp3) is 0.938. The van der Waals surface area contributed by atoms with Crippen LogP contribution in [0, 0.1) is 34.5 Å². The fourth-order valence-corrected chi connectivity index (χ4v) is 9.54. The Kier molecular flexibility index (Phi) is 8.96. The topological polar surface area (TPSA) is 38.7 Å². The van der Waals surface area contributed by atoms with Crippen molar-refractivity contribution in [3.05, 3.63) is 0 Å². The van der Waals surface area contributed by atoms with E-state index >= 15 is 0 Å². The number of halogens is 6. The summed E-state index contributed by atoms with van der Waals surface area (Å²) in [7, 11) is -4.44. The van der Waals surface area contributed by atoms with Gasteiger partial charge in [-0.1, -0.05) is 53.4 Å². The summed E-state index contributed by atoms with van der Waals surface area (Å²) in [6.07, 6.45) is -9.47. The second kappa shape index (κ2) is 12.9. The van der Waals surface area contributed by atoms with Gasteiger partial charge in [0, 0.05) is 20.7 Å². The van der Waals surface area contributed by atoms with Crippen LogP contribution in [0.1, 0.15) is 114 Å². The zero-order valence-electron chi connectivity index (χ0n) is 33.2. The Labute approximate surface area is 267 Å². The molecule has 0 amide bonds. The van der Waals surface area contributed by atoms with E-state index in [4.69, 9.17) is 17.1 Å². The van der Waals surface area contributed by atoms with E-state index in [9.17, 15) is 31.4 Å².